The molecule has 5 rings (SSSR count). The predicted octanol–water partition coefficient (Wildman–Crippen LogP) is 6.42. The van der Waals surface area contributed by atoms with Crippen molar-refractivity contribution < 1.29 is 47.1 Å². The summed E-state index contributed by atoms with van der Waals surface area (Å²) in [5.74, 6) is -3.22. The molecule has 1 amide bonds. The van der Waals surface area contributed by atoms with Crippen molar-refractivity contribution in [1.29, 1.82) is 0 Å². The van der Waals surface area contributed by atoms with Crippen LogP contribution in [0.25, 0.3) is 11.3 Å². The summed E-state index contributed by atoms with van der Waals surface area (Å²) in [5.41, 5.74) is 5.89. The molecule has 0 bridgehead atoms. The van der Waals surface area contributed by atoms with Crippen LogP contribution in [-0.4, -0.2) is 160 Å². The Bertz CT molecular complexity index is 1880. The topological polar surface area (TPSA) is 184 Å². The molecule has 366 valence electrons. The number of nitrogens with zero attached hydrogens (tertiary/aromatic N) is 6. The fourth-order valence-electron chi connectivity index (χ4n) is 10.1. The van der Waals surface area contributed by atoms with Gasteiger partial charge in [-0.1, -0.05) is 44.2 Å². The number of nitrogen functional groups attached to an aromatic ring is 1. The first-order valence-electron chi connectivity index (χ1n) is 22.9. The minimum absolute atomic E-state index is 0.0312. The number of aliphatic hydroxyl groups is 1. The highest BCUT2D eigenvalue weighted by Gasteiger charge is 2.60. The molecule has 4 heterocycles. The first kappa shape index (κ1) is 54.0. The Morgan fingerprint density at radius 1 is 1.14 bits per heavy atom. The number of carbonyl (C=O) groups excluding carboxylic acids is 3. The average molecular weight is 934 g/mol. The lowest BCUT2D eigenvalue weighted by Crippen LogP contribution is -2.61. The van der Waals surface area contributed by atoms with E-state index in [0.717, 1.165) is 11.3 Å². The Hall–Kier alpha value is -3.65. The molecule has 0 spiro atoms. The van der Waals surface area contributed by atoms with E-state index in [-0.39, 0.29) is 36.3 Å². The summed E-state index contributed by atoms with van der Waals surface area (Å²) >= 11 is 0.250. The van der Waals surface area contributed by atoms with Gasteiger partial charge in [0.25, 0.3) is 0 Å². The van der Waals surface area contributed by atoms with Crippen LogP contribution in [0.5, 0.6) is 0 Å². The van der Waals surface area contributed by atoms with Gasteiger partial charge in [-0.05, 0) is 105 Å². The van der Waals surface area contributed by atoms with Gasteiger partial charge in [0.1, 0.15) is 23.8 Å². The molecule has 0 radical (unpaired) electrons. The van der Waals surface area contributed by atoms with Crippen molar-refractivity contribution in [3.05, 3.63) is 43.1 Å². The number of hydrogen-bond donors (Lipinski definition) is 2. The number of aliphatic hydroxyl groups excluding tert-OH is 1. The zero-order valence-corrected chi connectivity index (χ0v) is 41.5. The lowest BCUT2D eigenvalue weighted by atomic mass is 9.78. The van der Waals surface area contributed by atoms with E-state index in [1.807, 2.05) is 90.3 Å². The van der Waals surface area contributed by atoms with Crippen LogP contribution in [-0.2, 0) is 39.8 Å². The Morgan fingerprint density at radius 2 is 1.82 bits per heavy atom. The summed E-state index contributed by atoms with van der Waals surface area (Å²) in [6.45, 7) is 18.6. The third-order valence-corrected chi connectivity index (χ3v) is 13.5. The van der Waals surface area contributed by atoms with Gasteiger partial charge in [-0.3, -0.25) is 19.2 Å². The Morgan fingerprint density at radius 3 is 2.43 bits per heavy atom. The monoisotopic (exact) mass is 934 g/mol. The van der Waals surface area contributed by atoms with Crippen LogP contribution >= 0.6 is 12.1 Å². The number of ether oxygens (including phenoxy) is 5. The maximum absolute atomic E-state index is 14.5. The molecule has 18 heteroatoms. The molecule has 65 heavy (non-hydrogen) atoms. The summed E-state index contributed by atoms with van der Waals surface area (Å²) < 4.78 is 43.9. The second-order valence-electron chi connectivity index (χ2n) is 18.8. The highest BCUT2D eigenvalue weighted by atomic mass is 32.2. The van der Waals surface area contributed by atoms with Crippen molar-refractivity contribution >= 4 is 35.7 Å². The molecule has 2 aromatic rings. The minimum atomic E-state index is -1.28. The zero-order chi connectivity index (χ0) is 48.4. The third kappa shape index (κ3) is 12.9. The molecule has 3 saturated heterocycles. The number of fused-ring (bicyclic) bond motifs is 1. The number of likely N-dealkylation sites (N-methyl/N-ethyl adjacent to an activating group) is 2. The molecule has 0 saturated carbocycles. The number of esters is 1. The number of rotatable bonds is 13. The molecular weight excluding hydrogens is 858 g/mol. The molecular formula is C47H76FN7O9S. The molecule has 1 aromatic carbocycles. The third-order valence-electron chi connectivity index (χ3n) is 13.5. The highest BCUT2D eigenvalue weighted by Crippen LogP contribution is 2.42. The van der Waals surface area contributed by atoms with Crippen LogP contribution in [0.2, 0.25) is 0 Å². The van der Waals surface area contributed by atoms with Crippen LogP contribution in [0.4, 0.5) is 14.4 Å². The standard InChI is InChI=1S/C46H73N7O9.CH3FS/c1-13-18-35-40-46(8,62-44(57)53(40)22-16-15-21-52-27-34(48-49-52)32-19-17-20-33(47)24-32)37(14-2)60-42(56)31(6)38(54)30(5)41(45(7,58-12)25-28(3)26-51(35)11)61-43-39(55)36(50(9)10)23-29(4)59-43;1-3-2/h13,17,19-20,24,27-31,35-37,39-41,43,55H,1,14-16,18,21-23,25-26,47H2,2-12H3;1H3/t28-,29?,30+,31-,35-,36?,37-,39?,40-,41-,43+,45-,46-;/m1./s1. The van der Waals surface area contributed by atoms with Gasteiger partial charge < -0.3 is 44.3 Å². The first-order valence-corrected chi connectivity index (χ1v) is 24.0. The van der Waals surface area contributed by atoms with Crippen LogP contribution in [0, 0.1) is 17.8 Å². The normalized spacial score (nSPS) is 34.2. The lowest BCUT2D eigenvalue weighted by Gasteiger charge is -2.47. The van der Waals surface area contributed by atoms with E-state index in [1.54, 1.807) is 30.5 Å². The van der Waals surface area contributed by atoms with Crippen molar-refractivity contribution in [2.24, 2.45) is 17.8 Å². The van der Waals surface area contributed by atoms with Crippen molar-refractivity contribution in [3.63, 3.8) is 0 Å². The van der Waals surface area contributed by atoms with E-state index in [9.17, 15) is 23.4 Å². The number of cyclic esters (lactones) is 1. The van der Waals surface area contributed by atoms with Gasteiger partial charge >= 0.3 is 12.1 Å². The number of Topliss-reactive ketones (excluding diaryl/α,β-unsaturated/α-hetero) is 1. The minimum Gasteiger partial charge on any atom is -0.458 e. The van der Waals surface area contributed by atoms with Gasteiger partial charge in [0.15, 0.2) is 17.7 Å². The molecule has 13 atom stereocenters. The van der Waals surface area contributed by atoms with Crippen LogP contribution in [0.1, 0.15) is 87.0 Å². The van der Waals surface area contributed by atoms with Gasteiger partial charge in [0.2, 0.25) is 0 Å². The molecule has 1 aromatic heterocycles. The molecule has 3 aliphatic rings. The number of hydrogen-bond acceptors (Lipinski definition) is 15. The number of benzene rings is 1. The Kier molecular flexibility index (Phi) is 19.8. The number of ketones is 1. The number of halogens is 1. The van der Waals surface area contributed by atoms with Crippen molar-refractivity contribution in [1.82, 2.24) is 29.7 Å². The quantitative estimate of drug-likeness (QED) is 0.0738. The molecule has 3 unspecified atom stereocenters. The largest absolute Gasteiger partial charge is 0.458 e. The van der Waals surface area contributed by atoms with Gasteiger partial charge in [-0.2, -0.15) is 3.89 Å². The summed E-state index contributed by atoms with van der Waals surface area (Å²) in [6, 6.07) is 6.41. The number of anilines is 1. The average Bonchev–Trinajstić information content (AvgIpc) is 3.83. The van der Waals surface area contributed by atoms with Gasteiger partial charge in [0, 0.05) is 74.4 Å². The maximum Gasteiger partial charge on any atom is 0.410 e. The smallest absolute Gasteiger partial charge is 0.410 e. The fraction of sp³-hybridized carbons (Fsp3) is 0.723. The van der Waals surface area contributed by atoms with E-state index in [0.29, 0.717) is 63.8 Å². The molecule has 3 aliphatic heterocycles. The van der Waals surface area contributed by atoms with Gasteiger partial charge in [-0.15, -0.1) is 11.7 Å². The first-order chi connectivity index (χ1) is 30.7. The summed E-state index contributed by atoms with van der Waals surface area (Å²) in [7, 11) is 7.43. The van der Waals surface area contributed by atoms with Crippen LogP contribution in [0.15, 0.2) is 43.1 Å². The number of methoxy groups -OCH3 is 1. The van der Waals surface area contributed by atoms with Crippen LogP contribution in [0.3, 0.4) is 0 Å². The van der Waals surface area contributed by atoms with Crippen molar-refractivity contribution in [2.45, 2.75) is 154 Å². The van der Waals surface area contributed by atoms with E-state index in [1.165, 1.54) is 6.26 Å². The number of aryl methyl sites for hydroxylation is 1. The SMILES string of the molecule is C=CC[C@@H]1[C@H]2N(CCCCn3cc(-c4cccc(N)c4)nn3)C(=O)O[C@]2(C)[C@@H](CC)OC(=O)[C@H](C)C(=O)[C@H](C)[C@@H](O[C@@H]2OC(C)CC(N(C)C)C2O)[C@](C)(OC)C[C@@H](C)CN1C.CSF. The van der Waals surface area contributed by atoms with Crippen molar-refractivity contribution in [2.75, 3.05) is 53.3 Å². The van der Waals surface area contributed by atoms with Crippen molar-refractivity contribution in [3.8, 4) is 11.3 Å². The molecule has 3 N–H and O–H groups in total. The summed E-state index contributed by atoms with van der Waals surface area (Å²) in [4.78, 5) is 48.8. The maximum atomic E-state index is 14.5. The summed E-state index contributed by atoms with van der Waals surface area (Å²) in [5, 5.41) is 20.2. The second-order valence-corrected chi connectivity index (χ2v) is 19.1. The summed E-state index contributed by atoms with van der Waals surface area (Å²) in [6.07, 6.45) is 3.78. The molecule has 0 aliphatic carbocycles. The van der Waals surface area contributed by atoms with Gasteiger partial charge in [-0.25, -0.2) is 4.79 Å². The van der Waals surface area contributed by atoms with E-state index in [2.05, 4.69) is 28.7 Å². The van der Waals surface area contributed by atoms with E-state index < -0.39 is 71.5 Å². The van der Waals surface area contributed by atoms with E-state index >= 15 is 0 Å². The number of unbranched alkanes of at least 4 members (excludes halogenated alkanes) is 1. The highest BCUT2D eigenvalue weighted by molar-refractivity contribution is 7.93. The Labute approximate surface area is 390 Å². The molecule has 3 fully saturated rings. The Balaban J connectivity index is 0.00000300. The van der Waals surface area contributed by atoms with E-state index in [4.69, 9.17) is 29.4 Å². The lowest BCUT2D eigenvalue weighted by molar-refractivity contribution is -0.295. The zero-order valence-electron chi connectivity index (χ0n) is 40.6. The number of carbonyl (C=O) groups is 3. The number of aromatic nitrogens is 3. The predicted molar refractivity (Wildman–Crippen MR) is 250 cm³/mol. The molecule has 16 nitrogen and oxygen atoms in total. The number of nitrogens with two attached hydrogens (primary N) is 1. The van der Waals surface area contributed by atoms with Gasteiger partial charge in [0.05, 0.1) is 30.0 Å². The number of amides is 1. The second kappa shape index (κ2) is 23.9. The fourth-order valence-corrected chi connectivity index (χ4v) is 10.1. The van der Waals surface area contributed by atoms with Crippen LogP contribution < -0.4 is 5.73 Å².